The third-order valence-electron chi connectivity index (χ3n) is 3.61. The molecule has 1 saturated heterocycles. The third-order valence-corrected chi connectivity index (χ3v) is 6.25. The van der Waals surface area contributed by atoms with Crippen LogP contribution in [0.3, 0.4) is 0 Å². The summed E-state index contributed by atoms with van der Waals surface area (Å²) in [6.07, 6.45) is 3.08. The summed E-state index contributed by atoms with van der Waals surface area (Å²) >= 11 is 1.63. The molecule has 21 heavy (non-hydrogen) atoms. The predicted molar refractivity (Wildman–Crippen MR) is 84.4 cm³/mol. The first-order valence-corrected chi connectivity index (χ1v) is 9.73. The topological polar surface area (TPSA) is 74.9 Å². The smallest absolute Gasteiger partial charge is 0.169 e. The standard InChI is InChI=1S/C13H17N3O3S2/c1-21(18,19)12-9-20-7-6-16(12)13-10(8-17)15-5-3-2-4-11(15)14-13/h2-5,12,17H,6-9H2,1H3. The van der Waals surface area contributed by atoms with E-state index in [-0.39, 0.29) is 6.61 Å². The maximum atomic E-state index is 12.0. The molecule has 0 radical (unpaired) electrons. The van der Waals surface area contributed by atoms with E-state index in [1.54, 1.807) is 16.2 Å². The molecule has 8 heteroatoms. The second-order valence-corrected chi connectivity index (χ2v) is 8.37. The van der Waals surface area contributed by atoms with Gasteiger partial charge in [-0.15, -0.1) is 0 Å². The van der Waals surface area contributed by atoms with Crippen LogP contribution in [-0.2, 0) is 16.4 Å². The number of hydrogen-bond acceptors (Lipinski definition) is 6. The van der Waals surface area contributed by atoms with Gasteiger partial charge < -0.3 is 10.0 Å². The molecular weight excluding hydrogens is 310 g/mol. The minimum absolute atomic E-state index is 0.180. The first-order valence-electron chi connectivity index (χ1n) is 6.62. The van der Waals surface area contributed by atoms with Crippen LogP contribution >= 0.6 is 11.8 Å². The van der Waals surface area contributed by atoms with Gasteiger partial charge >= 0.3 is 0 Å². The van der Waals surface area contributed by atoms with E-state index in [0.29, 0.717) is 29.5 Å². The second kappa shape index (κ2) is 5.51. The zero-order valence-electron chi connectivity index (χ0n) is 11.6. The lowest BCUT2D eigenvalue weighted by Gasteiger charge is -2.34. The monoisotopic (exact) mass is 327 g/mol. The van der Waals surface area contributed by atoms with Gasteiger partial charge in [-0.1, -0.05) is 6.07 Å². The average Bonchev–Trinajstić information content (AvgIpc) is 2.84. The van der Waals surface area contributed by atoms with E-state index in [4.69, 9.17) is 0 Å². The first-order chi connectivity index (χ1) is 10.0. The summed E-state index contributed by atoms with van der Waals surface area (Å²) in [5.74, 6) is 1.95. The summed E-state index contributed by atoms with van der Waals surface area (Å²) in [6, 6.07) is 5.57. The number of sulfone groups is 1. The van der Waals surface area contributed by atoms with E-state index in [2.05, 4.69) is 4.98 Å². The van der Waals surface area contributed by atoms with Crippen molar-refractivity contribution < 1.29 is 13.5 Å². The van der Waals surface area contributed by atoms with Crippen molar-refractivity contribution in [3.05, 3.63) is 30.1 Å². The van der Waals surface area contributed by atoms with E-state index in [9.17, 15) is 13.5 Å². The number of hydrogen-bond donors (Lipinski definition) is 1. The van der Waals surface area contributed by atoms with Crippen LogP contribution in [0.2, 0.25) is 0 Å². The number of anilines is 1. The molecule has 0 aromatic carbocycles. The molecular formula is C13H17N3O3S2. The minimum atomic E-state index is -3.21. The molecule has 3 heterocycles. The molecule has 114 valence electrons. The van der Waals surface area contributed by atoms with Crippen LogP contribution in [0, 0.1) is 0 Å². The Bertz CT molecular complexity index is 757. The molecule has 1 atom stereocenters. The molecule has 2 aromatic heterocycles. The van der Waals surface area contributed by atoms with Crippen molar-refractivity contribution in [2.45, 2.75) is 12.0 Å². The Hall–Kier alpha value is -1.25. The van der Waals surface area contributed by atoms with Gasteiger partial charge in [0, 0.05) is 30.5 Å². The van der Waals surface area contributed by atoms with Crippen molar-refractivity contribution in [2.75, 3.05) is 29.2 Å². The van der Waals surface area contributed by atoms with Crippen molar-refractivity contribution in [3.63, 3.8) is 0 Å². The van der Waals surface area contributed by atoms with Crippen molar-refractivity contribution in [1.82, 2.24) is 9.38 Å². The Balaban J connectivity index is 2.13. The number of aromatic nitrogens is 2. The molecule has 0 saturated carbocycles. The fraction of sp³-hybridized carbons (Fsp3) is 0.462. The van der Waals surface area contributed by atoms with Crippen LogP contribution < -0.4 is 4.90 Å². The van der Waals surface area contributed by atoms with Gasteiger partial charge in [-0.3, -0.25) is 4.40 Å². The molecule has 0 spiro atoms. The van der Waals surface area contributed by atoms with Crippen molar-refractivity contribution in [2.24, 2.45) is 0 Å². The lowest BCUT2D eigenvalue weighted by atomic mass is 10.3. The van der Waals surface area contributed by atoms with Crippen LogP contribution in [-0.4, -0.2) is 52.6 Å². The molecule has 0 aliphatic carbocycles. The van der Waals surface area contributed by atoms with Gasteiger partial charge in [0.05, 0.1) is 12.3 Å². The van der Waals surface area contributed by atoms with Crippen LogP contribution in [0.4, 0.5) is 5.82 Å². The second-order valence-electron chi connectivity index (χ2n) is 5.02. The number of imidazole rings is 1. The number of rotatable bonds is 3. The molecule has 6 nitrogen and oxygen atoms in total. The maximum Gasteiger partial charge on any atom is 0.169 e. The van der Waals surface area contributed by atoms with E-state index < -0.39 is 15.2 Å². The molecule has 3 rings (SSSR count). The Kier molecular flexibility index (Phi) is 3.85. The van der Waals surface area contributed by atoms with E-state index in [1.807, 2.05) is 29.3 Å². The van der Waals surface area contributed by atoms with E-state index >= 15 is 0 Å². The van der Waals surface area contributed by atoms with E-state index in [1.165, 1.54) is 6.26 Å². The fourth-order valence-electron chi connectivity index (χ4n) is 2.59. The largest absolute Gasteiger partial charge is 0.390 e. The van der Waals surface area contributed by atoms with Crippen molar-refractivity contribution >= 4 is 33.1 Å². The molecule has 1 fully saturated rings. The summed E-state index contributed by atoms with van der Waals surface area (Å²) < 4.78 is 25.9. The molecule has 1 unspecified atom stereocenters. The Morgan fingerprint density at radius 1 is 1.48 bits per heavy atom. The third kappa shape index (κ3) is 2.63. The van der Waals surface area contributed by atoms with Crippen molar-refractivity contribution in [1.29, 1.82) is 0 Å². The van der Waals surface area contributed by atoms with Gasteiger partial charge in [0.15, 0.2) is 15.7 Å². The minimum Gasteiger partial charge on any atom is -0.390 e. The van der Waals surface area contributed by atoms with Gasteiger partial charge in [-0.2, -0.15) is 11.8 Å². The summed E-state index contributed by atoms with van der Waals surface area (Å²) in [5.41, 5.74) is 1.34. The maximum absolute atomic E-state index is 12.0. The molecule has 0 amide bonds. The quantitative estimate of drug-likeness (QED) is 0.897. The highest BCUT2D eigenvalue weighted by atomic mass is 32.2. The SMILES string of the molecule is CS(=O)(=O)C1CSCCN1c1nc2ccccn2c1CO. The van der Waals surface area contributed by atoms with Crippen LogP contribution in [0.15, 0.2) is 24.4 Å². The Labute approximate surface area is 127 Å². The number of pyridine rings is 1. The average molecular weight is 327 g/mol. The fourth-order valence-corrected chi connectivity index (χ4v) is 5.41. The van der Waals surface area contributed by atoms with Gasteiger partial charge in [-0.25, -0.2) is 13.4 Å². The van der Waals surface area contributed by atoms with Gasteiger partial charge in [0.25, 0.3) is 0 Å². The van der Waals surface area contributed by atoms with Gasteiger partial charge in [-0.05, 0) is 12.1 Å². The highest BCUT2D eigenvalue weighted by molar-refractivity contribution is 8.01. The molecule has 1 aliphatic rings. The van der Waals surface area contributed by atoms with Crippen LogP contribution in [0.1, 0.15) is 5.69 Å². The van der Waals surface area contributed by atoms with Gasteiger partial charge in [0.2, 0.25) is 0 Å². The Morgan fingerprint density at radius 3 is 3.00 bits per heavy atom. The summed E-state index contributed by atoms with van der Waals surface area (Å²) in [6.45, 7) is 0.430. The summed E-state index contributed by atoms with van der Waals surface area (Å²) in [5, 5.41) is 9.09. The number of aliphatic hydroxyl groups excluding tert-OH is 1. The summed E-state index contributed by atoms with van der Waals surface area (Å²) in [7, 11) is -3.21. The lowest BCUT2D eigenvalue weighted by Crippen LogP contribution is -2.47. The van der Waals surface area contributed by atoms with Crippen molar-refractivity contribution in [3.8, 4) is 0 Å². The molecule has 0 bridgehead atoms. The van der Waals surface area contributed by atoms with E-state index in [0.717, 1.165) is 5.75 Å². The molecule has 1 N–H and O–H groups in total. The van der Waals surface area contributed by atoms with Crippen LogP contribution in [0.5, 0.6) is 0 Å². The molecule has 2 aromatic rings. The Morgan fingerprint density at radius 2 is 2.29 bits per heavy atom. The normalized spacial score (nSPS) is 20.1. The lowest BCUT2D eigenvalue weighted by molar-refractivity contribution is 0.276. The predicted octanol–water partition coefficient (Wildman–Crippen LogP) is 0.751. The molecule has 1 aliphatic heterocycles. The number of fused-ring (bicyclic) bond motifs is 1. The first kappa shape index (κ1) is 14.7. The number of thioether (sulfide) groups is 1. The highest BCUT2D eigenvalue weighted by Gasteiger charge is 2.34. The number of aliphatic hydroxyl groups is 1. The highest BCUT2D eigenvalue weighted by Crippen LogP contribution is 2.29. The summed E-state index contributed by atoms with van der Waals surface area (Å²) in [4.78, 5) is 6.34. The zero-order chi connectivity index (χ0) is 15.0. The zero-order valence-corrected chi connectivity index (χ0v) is 13.3. The number of nitrogens with zero attached hydrogens (tertiary/aromatic N) is 3. The van der Waals surface area contributed by atoms with Crippen LogP contribution in [0.25, 0.3) is 5.65 Å². The van der Waals surface area contributed by atoms with Gasteiger partial charge in [0.1, 0.15) is 11.0 Å².